The highest BCUT2D eigenvalue weighted by Crippen LogP contribution is 2.39. The van der Waals surface area contributed by atoms with Crippen molar-refractivity contribution in [3.8, 4) is 10.6 Å². The lowest BCUT2D eigenvalue weighted by molar-refractivity contribution is -0.137. The van der Waals surface area contributed by atoms with Gasteiger partial charge in [0.2, 0.25) is 0 Å². The molecule has 2 heterocycles. The van der Waals surface area contributed by atoms with Crippen LogP contribution in [0.4, 0.5) is 13.2 Å². The maximum absolute atomic E-state index is 12.4. The monoisotopic (exact) mass is 332 g/mol. The molecular formula is C9H2Cl3F3N2S. The summed E-state index contributed by atoms with van der Waals surface area (Å²) in [4.78, 5) is 7.29. The molecule has 0 aliphatic carbocycles. The molecular weight excluding hydrogens is 332 g/mol. The van der Waals surface area contributed by atoms with Gasteiger partial charge in [-0.25, -0.2) is 9.97 Å². The lowest BCUT2D eigenvalue weighted by Gasteiger charge is -2.02. The minimum atomic E-state index is -4.49. The van der Waals surface area contributed by atoms with Crippen LogP contribution >= 0.6 is 46.1 Å². The van der Waals surface area contributed by atoms with Crippen molar-refractivity contribution in [2.75, 3.05) is 0 Å². The highest BCUT2D eigenvalue weighted by atomic mass is 35.5. The summed E-state index contributed by atoms with van der Waals surface area (Å²) in [5.41, 5.74) is 0.124. The summed E-state index contributed by atoms with van der Waals surface area (Å²) in [6.07, 6.45) is -3.45. The van der Waals surface area contributed by atoms with Gasteiger partial charge in [0.05, 0.1) is 14.9 Å². The molecule has 9 heteroatoms. The topological polar surface area (TPSA) is 25.8 Å². The van der Waals surface area contributed by atoms with Crippen LogP contribution in [0.1, 0.15) is 5.01 Å². The van der Waals surface area contributed by atoms with E-state index in [1.54, 1.807) is 0 Å². The SMILES string of the molecule is FC(F)(F)c1ncc(-c2nc(Cl)c(Cl)cc2Cl)s1. The highest BCUT2D eigenvalue weighted by molar-refractivity contribution is 7.15. The molecule has 0 fully saturated rings. The Morgan fingerprint density at radius 2 is 1.78 bits per heavy atom. The number of hydrogen-bond acceptors (Lipinski definition) is 3. The zero-order valence-corrected chi connectivity index (χ0v) is 11.3. The number of thiazole rings is 1. The van der Waals surface area contributed by atoms with E-state index in [-0.39, 0.29) is 25.8 Å². The van der Waals surface area contributed by atoms with E-state index in [1.165, 1.54) is 6.07 Å². The van der Waals surface area contributed by atoms with Crippen LogP contribution in [-0.2, 0) is 6.18 Å². The summed E-state index contributed by atoms with van der Waals surface area (Å²) in [5, 5.41) is -0.757. The number of halogens is 6. The third-order valence-corrected chi connectivity index (χ3v) is 3.88. The van der Waals surface area contributed by atoms with E-state index in [9.17, 15) is 13.2 Å². The summed E-state index contributed by atoms with van der Waals surface area (Å²) in [6, 6.07) is 1.32. The van der Waals surface area contributed by atoms with Crippen molar-refractivity contribution in [1.29, 1.82) is 0 Å². The van der Waals surface area contributed by atoms with Crippen LogP contribution < -0.4 is 0 Å². The van der Waals surface area contributed by atoms with Crippen LogP contribution in [0.2, 0.25) is 15.2 Å². The van der Waals surface area contributed by atoms with E-state index in [0.717, 1.165) is 6.20 Å². The molecule has 0 bridgehead atoms. The molecule has 0 unspecified atom stereocenters. The average Bonchev–Trinajstić information content (AvgIpc) is 2.72. The van der Waals surface area contributed by atoms with Crippen LogP contribution in [-0.4, -0.2) is 9.97 Å². The molecule has 0 aliphatic rings. The third kappa shape index (κ3) is 2.71. The number of hydrogen-bond donors (Lipinski definition) is 0. The molecule has 2 rings (SSSR count). The normalized spacial score (nSPS) is 11.9. The first-order valence-electron chi connectivity index (χ1n) is 4.34. The molecule has 96 valence electrons. The Kier molecular flexibility index (Phi) is 3.73. The highest BCUT2D eigenvalue weighted by Gasteiger charge is 2.35. The molecule has 2 aromatic rings. The molecule has 2 nitrogen and oxygen atoms in total. The second-order valence-electron chi connectivity index (χ2n) is 3.12. The molecule has 0 aliphatic heterocycles. The average molecular weight is 334 g/mol. The number of pyridine rings is 1. The zero-order chi connectivity index (χ0) is 13.5. The molecule has 0 saturated heterocycles. The Balaban J connectivity index is 2.50. The first-order chi connectivity index (χ1) is 8.29. The largest absolute Gasteiger partial charge is 0.443 e. The van der Waals surface area contributed by atoms with Crippen molar-refractivity contribution < 1.29 is 13.2 Å². The quantitative estimate of drug-likeness (QED) is 0.672. The van der Waals surface area contributed by atoms with Crippen LogP contribution in [0, 0.1) is 0 Å². The van der Waals surface area contributed by atoms with Crippen LogP contribution in [0.5, 0.6) is 0 Å². The maximum Gasteiger partial charge on any atom is 0.443 e. The predicted molar refractivity (Wildman–Crippen MR) is 65.4 cm³/mol. The molecule has 18 heavy (non-hydrogen) atoms. The van der Waals surface area contributed by atoms with Gasteiger partial charge in [-0.1, -0.05) is 34.8 Å². The van der Waals surface area contributed by atoms with Crippen LogP contribution in [0.25, 0.3) is 10.6 Å². The van der Waals surface area contributed by atoms with E-state index >= 15 is 0 Å². The van der Waals surface area contributed by atoms with Gasteiger partial charge in [0, 0.05) is 6.20 Å². The van der Waals surface area contributed by atoms with E-state index in [2.05, 4.69) is 9.97 Å². The second-order valence-corrected chi connectivity index (χ2v) is 5.32. The minimum Gasteiger partial charge on any atom is -0.240 e. The smallest absolute Gasteiger partial charge is 0.240 e. The standard InChI is InChI=1S/C9H2Cl3F3N2S/c10-3-1-4(11)7(12)17-6(3)5-2-16-8(18-5)9(13,14)15/h1-2H. The second kappa shape index (κ2) is 4.85. The van der Waals surface area contributed by atoms with Crippen molar-refractivity contribution in [1.82, 2.24) is 9.97 Å². The number of nitrogens with zero attached hydrogens (tertiary/aromatic N) is 2. The molecule has 0 aromatic carbocycles. The molecule has 0 radical (unpaired) electrons. The lowest BCUT2D eigenvalue weighted by Crippen LogP contribution is -2.02. The fourth-order valence-corrected chi connectivity index (χ4v) is 2.57. The molecule has 0 N–H and O–H groups in total. The molecule has 0 saturated carbocycles. The Hall–Kier alpha value is -0.560. The lowest BCUT2D eigenvalue weighted by atomic mass is 10.3. The fourth-order valence-electron chi connectivity index (χ4n) is 1.13. The van der Waals surface area contributed by atoms with E-state index in [0.29, 0.717) is 11.3 Å². The van der Waals surface area contributed by atoms with Gasteiger partial charge in [0.1, 0.15) is 10.8 Å². The van der Waals surface area contributed by atoms with Crippen LogP contribution in [0.15, 0.2) is 12.3 Å². The third-order valence-electron chi connectivity index (χ3n) is 1.87. The predicted octanol–water partition coefficient (Wildman–Crippen LogP) is 5.18. The number of aromatic nitrogens is 2. The van der Waals surface area contributed by atoms with Gasteiger partial charge in [-0.15, -0.1) is 11.3 Å². The molecule has 0 spiro atoms. The van der Waals surface area contributed by atoms with Crippen LogP contribution in [0.3, 0.4) is 0 Å². The van der Waals surface area contributed by atoms with Gasteiger partial charge < -0.3 is 0 Å². The Morgan fingerprint density at radius 3 is 2.33 bits per heavy atom. The number of alkyl halides is 3. The van der Waals surface area contributed by atoms with Gasteiger partial charge in [-0.3, -0.25) is 0 Å². The maximum atomic E-state index is 12.4. The molecule has 0 amide bonds. The Labute approximate surface area is 118 Å². The van der Waals surface area contributed by atoms with E-state index in [4.69, 9.17) is 34.8 Å². The Bertz CT molecular complexity index is 597. The number of rotatable bonds is 1. The van der Waals surface area contributed by atoms with Crippen molar-refractivity contribution in [2.45, 2.75) is 6.18 Å². The van der Waals surface area contributed by atoms with Gasteiger partial charge in [0.15, 0.2) is 5.01 Å². The summed E-state index contributed by atoms with van der Waals surface area (Å²) in [5.74, 6) is 0. The van der Waals surface area contributed by atoms with Crippen molar-refractivity contribution in [2.24, 2.45) is 0 Å². The van der Waals surface area contributed by atoms with Gasteiger partial charge in [-0.05, 0) is 6.07 Å². The fraction of sp³-hybridized carbons (Fsp3) is 0.111. The zero-order valence-electron chi connectivity index (χ0n) is 8.23. The molecule has 2 aromatic heterocycles. The summed E-state index contributed by atoms with van der Waals surface area (Å²) < 4.78 is 37.2. The van der Waals surface area contributed by atoms with Gasteiger partial charge >= 0.3 is 6.18 Å². The van der Waals surface area contributed by atoms with Crippen molar-refractivity contribution in [3.05, 3.63) is 32.5 Å². The van der Waals surface area contributed by atoms with Gasteiger partial charge in [0.25, 0.3) is 0 Å². The first kappa shape index (κ1) is 13.9. The summed E-state index contributed by atoms with van der Waals surface area (Å²) in [6.45, 7) is 0. The van der Waals surface area contributed by atoms with Crippen molar-refractivity contribution >= 4 is 46.1 Å². The Morgan fingerprint density at radius 1 is 1.11 bits per heavy atom. The van der Waals surface area contributed by atoms with Gasteiger partial charge in [-0.2, -0.15) is 13.2 Å². The minimum absolute atomic E-state index is 0.0296. The van der Waals surface area contributed by atoms with Crippen molar-refractivity contribution in [3.63, 3.8) is 0 Å². The first-order valence-corrected chi connectivity index (χ1v) is 6.29. The molecule has 0 atom stereocenters. The van der Waals surface area contributed by atoms with E-state index < -0.39 is 11.2 Å². The summed E-state index contributed by atoms with van der Waals surface area (Å²) >= 11 is 17.7. The summed E-state index contributed by atoms with van der Waals surface area (Å²) in [7, 11) is 0. The van der Waals surface area contributed by atoms with E-state index in [1.807, 2.05) is 0 Å².